The van der Waals surface area contributed by atoms with Crippen molar-refractivity contribution < 1.29 is 37.3 Å². The minimum Gasteiger partial charge on any atom is -0.467 e. The molecule has 2 heterocycles. The summed E-state index contributed by atoms with van der Waals surface area (Å²) in [4.78, 5) is 14.0. The molecule has 3 rings (SSSR count). The highest BCUT2D eigenvalue weighted by atomic mass is 19.4. The number of aliphatic hydroxyl groups excluding tert-OH is 1. The van der Waals surface area contributed by atoms with E-state index in [0.717, 1.165) is 12.1 Å². The van der Waals surface area contributed by atoms with Gasteiger partial charge in [-0.3, -0.25) is 0 Å². The molecule has 1 aromatic heterocycles. The van der Waals surface area contributed by atoms with Gasteiger partial charge in [0.05, 0.1) is 17.0 Å². The van der Waals surface area contributed by atoms with Gasteiger partial charge in [-0.05, 0) is 70.4 Å². The lowest BCUT2D eigenvalue weighted by atomic mass is 9.90. The number of ether oxygens (including phenoxy) is 3. The number of aromatic nitrogens is 2. The van der Waals surface area contributed by atoms with E-state index in [2.05, 4.69) is 10.2 Å². The van der Waals surface area contributed by atoms with Crippen LogP contribution in [0.25, 0.3) is 11.3 Å². The standard InChI is InChI=1S/C25H32F3N3O5/c1-15-11-17(25(26,27)28)12-20(35-14-34-5)21(15)18-8-9-19(30-29-18)22(32)16-7-6-10-31(13-16)23(33)36-24(2,3)4/h8-9,11-12,16,22,32H,6-7,10,13-14H2,1-5H3. The largest absolute Gasteiger partial charge is 0.467 e. The second-order valence-electron chi connectivity index (χ2n) is 9.83. The number of amides is 1. The van der Waals surface area contributed by atoms with E-state index in [-0.39, 0.29) is 18.5 Å². The first kappa shape index (κ1) is 27.7. The molecule has 1 fully saturated rings. The highest BCUT2D eigenvalue weighted by molar-refractivity contribution is 5.71. The van der Waals surface area contributed by atoms with E-state index in [1.165, 1.54) is 14.0 Å². The first-order valence-electron chi connectivity index (χ1n) is 11.6. The maximum Gasteiger partial charge on any atom is 0.416 e. The first-order valence-corrected chi connectivity index (χ1v) is 11.6. The molecule has 1 amide bonds. The zero-order valence-electron chi connectivity index (χ0n) is 21.1. The third-order valence-electron chi connectivity index (χ3n) is 5.76. The Bertz CT molecular complexity index is 1050. The molecule has 1 aromatic carbocycles. The van der Waals surface area contributed by atoms with Gasteiger partial charge >= 0.3 is 12.3 Å². The molecular weight excluding hydrogens is 479 g/mol. The van der Waals surface area contributed by atoms with E-state index in [1.54, 1.807) is 37.8 Å². The highest BCUT2D eigenvalue weighted by Crippen LogP contribution is 2.39. The van der Waals surface area contributed by atoms with E-state index in [0.29, 0.717) is 48.4 Å². The summed E-state index contributed by atoms with van der Waals surface area (Å²) in [6.07, 6.45) is -4.55. The molecule has 2 unspecified atom stereocenters. The number of likely N-dealkylation sites (tertiary alicyclic amines) is 1. The van der Waals surface area contributed by atoms with E-state index in [4.69, 9.17) is 14.2 Å². The van der Waals surface area contributed by atoms with Crippen LogP contribution in [0.3, 0.4) is 0 Å². The molecule has 8 nitrogen and oxygen atoms in total. The highest BCUT2D eigenvalue weighted by Gasteiger charge is 2.34. The van der Waals surface area contributed by atoms with Gasteiger partial charge in [-0.2, -0.15) is 23.4 Å². The van der Waals surface area contributed by atoms with Gasteiger partial charge in [0.1, 0.15) is 17.5 Å². The maximum absolute atomic E-state index is 13.3. The van der Waals surface area contributed by atoms with Crippen LogP contribution in [0.1, 0.15) is 56.5 Å². The summed E-state index contributed by atoms with van der Waals surface area (Å²) in [5.74, 6) is -0.299. The fourth-order valence-corrected chi connectivity index (χ4v) is 4.12. The van der Waals surface area contributed by atoms with Crippen molar-refractivity contribution in [2.24, 2.45) is 5.92 Å². The number of carbonyl (C=O) groups excluding carboxylic acids is 1. The molecule has 1 aliphatic rings. The van der Waals surface area contributed by atoms with Crippen molar-refractivity contribution in [2.45, 2.75) is 58.4 Å². The van der Waals surface area contributed by atoms with Gasteiger partial charge < -0.3 is 24.2 Å². The summed E-state index contributed by atoms with van der Waals surface area (Å²) in [7, 11) is 1.37. The van der Waals surface area contributed by atoms with Gasteiger partial charge in [0.25, 0.3) is 0 Å². The van der Waals surface area contributed by atoms with Gasteiger partial charge in [-0.15, -0.1) is 0 Å². The molecule has 11 heteroatoms. The summed E-state index contributed by atoms with van der Waals surface area (Å²) >= 11 is 0. The average molecular weight is 512 g/mol. The molecule has 1 N–H and O–H groups in total. The van der Waals surface area contributed by atoms with Crippen molar-refractivity contribution in [2.75, 3.05) is 27.0 Å². The van der Waals surface area contributed by atoms with Crippen LogP contribution in [0, 0.1) is 12.8 Å². The summed E-state index contributed by atoms with van der Waals surface area (Å²) in [5, 5.41) is 19.3. The first-order chi connectivity index (χ1) is 16.8. The van der Waals surface area contributed by atoms with Gasteiger partial charge in [-0.1, -0.05) is 0 Å². The number of rotatable bonds is 6. The lowest BCUT2D eigenvalue weighted by Crippen LogP contribution is -2.44. The third-order valence-corrected chi connectivity index (χ3v) is 5.76. The van der Waals surface area contributed by atoms with Crippen LogP contribution in [0.5, 0.6) is 5.75 Å². The normalized spacial score (nSPS) is 17.6. The zero-order valence-corrected chi connectivity index (χ0v) is 21.1. The smallest absolute Gasteiger partial charge is 0.416 e. The Hall–Kier alpha value is -2.92. The Labute approximate surface area is 208 Å². The molecule has 1 aliphatic heterocycles. The van der Waals surface area contributed by atoms with E-state index < -0.39 is 29.5 Å². The molecule has 2 aromatic rings. The Balaban J connectivity index is 1.81. The fraction of sp³-hybridized carbons (Fsp3) is 0.560. The topological polar surface area (TPSA) is 94.0 Å². The number of carbonyl (C=O) groups is 1. The van der Waals surface area contributed by atoms with Crippen LogP contribution >= 0.6 is 0 Å². The van der Waals surface area contributed by atoms with E-state index in [1.807, 2.05) is 0 Å². The van der Waals surface area contributed by atoms with Crippen LogP contribution in [0.15, 0.2) is 24.3 Å². The Morgan fingerprint density at radius 2 is 1.94 bits per heavy atom. The predicted octanol–water partition coefficient (Wildman–Crippen LogP) is 5.13. The lowest BCUT2D eigenvalue weighted by molar-refractivity contribution is -0.137. The molecule has 0 aliphatic carbocycles. The van der Waals surface area contributed by atoms with Crippen molar-refractivity contribution in [3.05, 3.63) is 41.1 Å². The number of methoxy groups -OCH3 is 1. The third kappa shape index (κ3) is 6.85. The predicted molar refractivity (Wildman–Crippen MR) is 125 cm³/mol. The molecule has 198 valence electrons. The Kier molecular flexibility index (Phi) is 8.45. The summed E-state index contributed by atoms with van der Waals surface area (Å²) in [6, 6.07) is 5.08. The van der Waals surface area contributed by atoms with E-state index >= 15 is 0 Å². The minimum atomic E-state index is -4.54. The molecular formula is C25H32F3N3O5. The van der Waals surface area contributed by atoms with Crippen molar-refractivity contribution >= 4 is 6.09 Å². The van der Waals surface area contributed by atoms with Crippen LogP contribution in [0.2, 0.25) is 0 Å². The van der Waals surface area contributed by atoms with Crippen molar-refractivity contribution in [1.82, 2.24) is 15.1 Å². The average Bonchev–Trinajstić information content (AvgIpc) is 2.80. The van der Waals surface area contributed by atoms with Gasteiger partial charge in [0.15, 0.2) is 6.79 Å². The molecule has 0 bridgehead atoms. The number of benzene rings is 1. The molecule has 1 saturated heterocycles. The van der Waals surface area contributed by atoms with Gasteiger partial charge in [0, 0.05) is 31.7 Å². The van der Waals surface area contributed by atoms with Gasteiger partial charge in [-0.25, -0.2) is 4.79 Å². The number of halogens is 3. The summed E-state index contributed by atoms with van der Waals surface area (Å²) in [6.45, 7) is 7.52. The number of hydrogen-bond acceptors (Lipinski definition) is 7. The SMILES string of the molecule is COCOc1cc(C(F)(F)F)cc(C)c1-c1ccc(C(O)C2CCCN(C(=O)OC(C)(C)C)C2)nn1. The Morgan fingerprint density at radius 1 is 1.22 bits per heavy atom. The van der Waals surface area contributed by atoms with Crippen molar-refractivity contribution in [3.8, 4) is 17.0 Å². The van der Waals surface area contributed by atoms with Crippen LogP contribution in [-0.2, 0) is 15.7 Å². The number of aryl methyl sites for hydroxylation is 1. The Morgan fingerprint density at radius 3 is 2.53 bits per heavy atom. The van der Waals surface area contributed by atoms with Crippen LogP contribution in [0.4, 0.5) is 18.0 Å². The fourth-order valence-electron chi connectivity index (χ4n) is 4.12. The number of alkyl halides is 3. The zero-order chi connectivity index (χ0) is 26.7. The monoisotopic (exact) mass is 511 g/mol. The van der Waals surface area contributed by atoms with Crippen LogP contribution in [-0.4, -0.2) is 58.9 Å². The summed E-state index contributed by atoms with van der Waals surface area (Å²) < 4.78 is 55.6. The van der Waals surface area contributed by atoms with Crippen LogP contribution < -0.4 is 4.74 Å². The second kappa shape index (κ2) is 11.0. The van der Waals surface area contributed by atoms with Crippen molar-refractivity contribution in [3.63, 3.8) is 0 Å². The van der Waals surface area contributed by atoms with Gasteiger partial charge in [0.2, 0.25) is 0 Å². The van der Waals surface area contributed by atoms with Crippen molar-refractivity contribution in [1.29, 1.82) is 0 Å². The molecule has 36 heavy (non-hydrogen) atoms. The molecule has 0 saturated carbocycles. The lowest BCUT2D eigenvalue weighted by Gasteiger charge is -2.35. The molecule has 0 spiro atoms. The van der Waals surface area contributed by atoms with E-state index in [9.17, 15) is 23.1 Å². The maximum atomic E-state index is 13.3. The number of nitrogens with zero attached hydrogens (tertiary/aromatic N) is 3. The molecule has 2 atom stereocenters. The summed E-state index contributed by atoms with van der Waals surface area (Å²) in [5.41, 5.74) is -0.212. The molecule has 0 radical (unpaired) electrons. The quantitative estimate of drug-likeness (QED) is 0.537. The number of aliphatic hydroxyl groups is 1. The minimum absolute atomic E-state index is 0.0351. The second-order valence-corrected chi connectivity index (χ2v) is 9.83. The number of hydrogen-bond donors (Lipinski definition) is 1. The number of piperidine rings is 1.